The van der Waals surface area contributed by atoms with Gasteiger partial charge < -0.3 is 9.80 Å². The molecule has 0 radical (unpaired) electrons. The molecule has 3 fully saturated rings. The summed E-state index contributed by atoms with van der Waals surface area (Å²) in [5, 5.41) is 8.46. The number of hydrogen-bond donors (Lipinski definition) is 0. The fourth-order valence-corrected chi connectivity index (χ4v) is 4.05. The molecule has 1 saturated heterocycles. The standard InChI is InChI=1S/C19H28N4O/c1-14-3-8-18(21-20-14)22-9-2-10-23(12-11-22)19(24)13-17(15-4-5-15)16-6-7-16/h3,8,15-17H,2,4-7,9-13H2,1H3. The molecule has 0 aromatic carbocycles. The zero-order valence-electron chi connectivity index (χ0n) is 14.7. The van der Waals surface area contributed by atoms with E-state index in [0.29, 0.717) is 11.8 Å². The third-order valence-corrected chi connectivity index (χ3v) is 5.82. The predicted octanol–water partition coefficient (Wildman–Crippen LogP) is 2.65. The Kier molecular flexibility index (Phi) is 4.42. The Morgan fingerprint density at radius 3 is 2.46 bits per heavy atom. The summed E-state index contributed by atoms with van der Waals surface area (Å²) < 4.78 is 0. The summed E-state index contributed by atoms with van der Waals surface area (Å²) in [4.78, 5) is 17.2. The molecule has 1 aliphatic heterocycles. The summed E-state index contributed by atoms with van der Waals surface area (Å²) in [5.74, 6) is 3.71. The highest BCUT2D eigenvalue weighted by Crippen LogP contribution is 2.50. The summed E-state index contributed by atoms with van der Waals surface area (Å²) >= 11 is 0. The van der Waals surface area contributed by atoms with E-state index >= 15 is 0 Å². The Bertz CT molecular complexity index is 568. The Hall–Kier alpha value is -1.65. The van der Waals surface area contributed by atoms with Gasteiger partial charge in [-0.15, -0.1) is 5.10 Å². The Morgan fingerprint density at radius 1 is 1.08 bits per heavy atom. The number of rotatable bonds is 5. The smallest absolute Gasteiger partial charge is 0.222 e. The lowest BCUT2D eigenvalue weighted by Gasteiger charge is -2.24. The average molecular weight is 328 g/mol. The van der Waals surface area contributed by atoms with Gasteiger partial charge in [-0.1, -0.05) is 0 Å². The average Bonchev–Trinajstić information content (AvgIpc) is 3.47. The molecule has 4 rings (SSSR count). The number of aromatic nitrogens is 2. The monoisotopic (exact) mass is 328 g/mol. The molecule has 3 aliphatic rings. The molecular weight excluding hydrogens is 300 g/mol. The summed E-state index contributed by atoms with van der Waals surface area (Å²) in [6.07, 6.45) is 7.23. The molecule has 2 aliphatic carbocycles. The van der Waals surface area contributed by atoms with Gasteiger partial charge in [-0.25, -0.2) is 0 Å². The van der Waals surface area contributed by atoms with Gasteiger partial charge in [-0.05, 0) is 68.9 Å². The molecule has 1 aromatic heterocycles. The van der Waals surface area contributed by atoms with Crippen molar-refractivity contribution in [3.63, 3.8) is 0 Å². The van der Waals surface area contributed by atoms with E-state index in [9.17, 15) is 4.79 Å². The van der Waals surface area contributed by atoms with Crippen LogP contribution in [-0.2, 0) is 4.79 Å². The molecule has 1 amide bonds. The molecule has 0 unspecified atom stereocenters. The highest BCUT2D eigenvalue weighted by Gasteiger charge is 2.42. The molecule has 0 spiro atoms. The van der Waals surface area contributed by atoms with Crippen LogP contribution in [0.4, 0.5) is 5.82 Å². The van der Waals surface area contributed by atoms with Gasteiger partial charge in [0.2, 0.25) is 5.91 Å². The van der Waals surface area contributed by atoms with Crippen LogP contribution in [0.3, 0.4) is 0 Å². The third kappa shape index (κ3) is 3.70. The van der Waals surface area contributed by atoms with Crippen LogP contribution in [0.15, 0.2) is 12.1 Å². The van der Waals surface area contributed by atoms with Gasteiger partial charge in [0.1, 0.15) is 0 Å². The molecular formula is C19H28N4O. The number of aryl methyl sites for hydroxylation is 1. The van der Waals surface area contributed by atoms with Crippen LogP contribution in [-0.4, -0.2) is 47.2 Å². The fraction of sp³-hybridized carbons (Fsp3) is 0.737. The molecule has 2 saturated carbocycles. The minimum atomic E-state index is 0.385. The molecule has 5 heteroatoms. The largest absolute Gasteiger partial charge is 0.353 e. The van der Waals surface area contributed by atoms with Gasteiger partial charge in [-0.2, -0.15) is 5.10 Å². The minimum absolute atomic E-state index is 0.385. The van der Waals surface area contributed by atoms with Crippen molar-refractivity contribution in [1.82, 2.24) is 15.1 Å². The van der Waals surface area contributed by atoms with Crippen LogP contribution in [0.25, 0.3) is 0 Å². The van der Waals surface area contributed by atoms with Gasteiger partial charge in [0.15, 0.2) is 5.82 Å². The number of nitrogens with zero attached hydrogens (tertiary/aromatic N) is 4. The van der Waals surface area contributed by atoms with Crippen molar-refractivity contribution in [2.45, 2.75) is 45.4 Å². The van der Waals surface area contributed by atoms with Crippen molar-refractivity contribution in [2.75, 3.05) is 31.1 Å². The van der Waals surface area contributed by atoms with Crippen molar-refractivity contribution in [1.29, 1.82) is 0 Å². The van der Waals surface area contributed by atoms with Crippen LogP contribution in [0, 0.1) is 24.7 Å². The maximum absolute atomic E-state index is 12.8. The lowest BCUT2D eigenvalue weighted by molar-refractivity contribution is -0.132. The van der Waals surface area contributed by atoms with E-state index in [1.54, 1.807) is 0 Å². The number of carbonyl (C=O) groups excluding carboxylic acids is 1. The zero-order valence-corrected chi connectivity index (χ0v) is 14.7. The maximum Gasteiger partial charge on any atom is 0.222 e. The SMILES string of the molecule is Cc1ccc(N2CCCN(C(=O)CC(C3CC3)C3CC3)CC2)nn1. The predicted molar refractivity (Wildman–Crippen MR) is 93.7 cm³/mol. The Morgan fingerprint density at radius 2 is 1.83 bits per heavy atom. The first kappa shape index (κ1) is 15.9. The number of anilines is 1. The molecule has 5 nitrogen and oxygen atoms in total. The second kappa shape index (κ2) is 6.69. The van der Waals surface area contributed by atoms with Crippen LogP contribution < -0.4 is 4.90 Å². The first-order valence-electron chi connectivity index (χ1n) is 9.54. The van der Waals surface area contributed by atoms with Crippen molar-refractivity contribution in [2.24, 2.45) is 17.8 Å². The molecule has 24 heavy (non-hydrogen) atoms. The van der Waals surface area contributed by atoms with Crippen molar-refractivity contribution in [3.05, 3.63) is 17.8 Å². The van der Waals surface area contributed by atoms with E-state index in [1.807, 2.05) is 19.1 Å². The van der Waals surface area contributed by atoms with E-state index in [0.717, 1.165) is 62.4 Å². The summed E-state index contributed by atoms with van der Waals surface area (Å²) in [7, 11) is 0. The van der Waals surface area contributed by atoms with E-state index < -0.39 is 0 Å². The van der Waals surface area contributed by atoms with E-state index in [4.69, 9.17) is 0 Å². The number of amides is 1. The molecule has 1 aromatic rings. The van der Waals surface area contributed by atoms with Gasteiger partial charge in [-0.3, -0.25) is 4.79 Å². The third-order valence-electron chi connectivity index (χ3n) is 5.82. The molecule has 0 N–H and O–H groups in total. The van der Waals surface area contributed by atoms with Crippen molar-refractivity contribution in [3.8, 4) is 0 Å². The number of carbonyl (C=O) groups is 1. The summed E-state index contributed by atoms with van der Waals surface area (Å²) in [6, 6.07) is 4.04. The minimum Gasteiger partial charge on any atom is -0.353 e. The van der Waals surface area contributed by atoms with Gasteiger partial charge >= 0.3 is 0 Å². The molecule has 0 atom stereocenters. The normalized spacial score (nSPS) is 21.9. The van der Waals surface area contributed by atoms with Crippen LogP contribution in [0.2, 0.25) is 0 Å². The number of hydrogen-bond acceptors (Lipinski definition) is 4. The van der Waals surface area contributed by atoms with Crippen LogP contribution in [0.5, 0.6) is 0 Å². The summed E-state index contributed by atoms with van der Waals surface area (Å²) in [6.45, 7) is 5.47. The summed E-state index contributed by atoms with van der Waals surface area (Å²) in [5.41, 5.74) is 0.941. The van der Waals surface area contributed by atoms with E-state index in [2.05, 4.69) is 20.0 Å². The zero-order chi connectivity index (χ0) is 16.5. The second-order valence-electron chi connectivity index (χ2n) is 7.80. The quantitative estimate of drug-likeness (QED) is 0.834. The lowest BCUT2D eigenvalue weighted by atomic mass is 9.93. The highest BCUT2D eigenvalue weighted by atomic mass is 16.2. The van der Waals surface area contributed by atoms with E-state index in [-0.39, 0.29) is 0 Å². The lowest BCUT2D eigenvalue weighted by Crippen LogP contribution is -2.36. The van der Waals surface area contributed by atoms with Crippen molar-refractivity contribution >= 4 is 11.7 Å². The fourth-order valence-electron chi connectivity index (χ4n) is 4.05. The van der Waals surface area contributed by atoms with Crippen LogP contribution >= 0.6 is 0 Å². The first-order valence-corrected chi connectivity index (χ1v) is 9.54. The topological polar surface area (TPSA) is 49.3 Å². The van der Waals surface area contributed by atoms with Gasteiger partial charge in [0.25, 0.3) is 0 Å². The van der Waals surface area contributed by atoms with Gasteiger partial charge in [0.05, 0.1) is 5.69 Å². The van der Waals surface area contributed by atoms with Crippen molar-refractivity contribution < 1.29 is 4.79 Å². The van der Waals surface area contributed by atoms with Gasteiger partial charge in [0, 0.05) is 32.6 Å². The Balaban J connectivity index is 1.33. The highest BCUT2D eigenvalue weighted by molar-refractivity contribution is 5.76. The van der Waals surface area contributed by atoms with E-state index in [1.165, 1.54) is 25.7 Å². The second-order valence-corrected chi connectivity index (χ2v) is 7.80. The first-order chi connectivity index (χ1) is 11.7. The maximum atomic E-state index is 12.8. The molecule has 2 heterocycles. The van der Waals surface area contributed by atoms with Crippen LogP contribution in [0.1, 0.15) is 44.2 Å². The molecule has 0 bridgehead atoms. The Labute approximate surface area is 144 Å². The molecule has 130 valence electrons.